The summed E-state index contributed by atoms with van der Waals surface area (Å²) in [5.74, 6) is 0. The molecule has 8 rings (SSSR count). The van der Waals surface area contributed by atoms with E-state index >= 15 is 0 Å². The Kier molecular flexibility index (Phi) is 3.66. The second kappa shape index (κ2) is 6.60. The third kappa shape index (κ3) is 2.23. The van der Waals surface area contributed by atoms with Crippen molar-refractivity contribution in [3.63, 3.8) is 0 Å². The first-order chi connectivity index (χ1) is 17.2. The van der Waals surface area contributed by atoms with Gasteiger partial charge in [-0.05, 0) is 90.8 Å². The van der Waals surface area contributed by atoms with Crippen molar-refractivity contribution in [1.82, 2.24) is 0 Å². The van der Waals surface area contributed by atoms with E-state index in [1.54, 1.807) is 0 Å². The zero-order chi connectivity index (χ0) is 23.3. The van der Waals surface area contributed by atoms with Gasteiger partial charge in [0.2, 0.25) is 0 Å². The Morgan fingerprint density at radius 1 is 0.514 bits per heavy atom. The van der Waals surface area contributed by atoms with Crippen LogP contribution < -0.4 is 5.46 Å². The van der Waals surface area contributed by atoms with Crippen LogP contribution in [-0.2, 0) is 11.8 Å². The highest BCUT2D eigenvalue weighted by Crippen LogP contribution is 2.63. The number of hydrogen-bond donors (Lipinski definition) is 2. The number of rotatable bonds is 1. The average Bonchev–Trinajstić information content (AvgIpc) is 3.51. The Morgan fingerprint density at radius 3 is 1.66 bits per heavy atom. The summed E-state index contributed by atoms with van der Waals surface area (Å²) in [6, 6.07) is 37.1. The fourth-order valence-corrected chi connectivity index (χ4v) is 7.07. The van der Waals surface area contributed by atoms with Gasteiger partial charge in [-0.3, -0.25) is 0 Å². The molecule has 0 saturated heterocycles. The van der Waals surface area contributed by atoms with Gasteiger partial charge < -0.3 is 10.0 Å². The molecule has 3 aliphatic carbocycles. The first-order valence-corrected chi connectivity index (χ1v) is 12.1. The molecule has 3 heteroatoms. The van der Waals surface area contributed by atoms with Gasteiger partial charge in [0.15, 0.2) is 0 Å². The maximum atomic E-state index is 10.0. The lowest BCUT2D eigenvalue weighted by atomic mass is 9.70. The summed E-state index contributed by atoms with van der Waals surface area (Å²) < 4.78 is 0. The van der Waals surface area contributed by atoms with Gasteiger partial charge in [-0.1, -0.05) is 91.0 Å². The molecule has 1 spiro atoms. The summed E-state index contributed by atoms with van der Waals surface area (Å²) >= 11 is 0. The van der Waals surface area contributed by atoms with Crippen molar-refractivity contribution in [1.29, 1.82) is 0 Å². The molecule has 0 aliphatic heterocycles. The van der Waals surface area contributed by atoms with Gasteiger partial charge in [-0.2, -0.15) is 0 Å². The third-order valence-corrected chi connectivity index (χ3v) is 8.37. The molecule has 0 heterocycles. The highest BCUT2D eigenvalue weighted by Gasteiger charge is 2.51. The second-order valence-corrected chi connectivity index (χ2v) is 9.87. The molecule has 0 bridgehead atoms. The van der Waals surface area contributed by atoms with E-state index in [-0.39, 0.29) is 5.41 Å². The van der Waals surface area contributed by atoms with E-state index in [0.717, 1.165) is 11.1 Å². The molecular formula is C32H21BO2. The Balaban J connectivity index is 1.50. The van der Waals surface area contributed by atoms with E-state index < -0.39 is 7.12 Å². The molecule has 0 aromatic heterocycles. The van der Waals surface area contributed by atoms with Crippen LogP contribution in [0.25, 0.3) is 33.4 Å². The van der Waals surface area contributed by atoms with Crippen molar-refractivity contribution >= 4 is 12.6 Å². The molecule has 0 atom stereocenters. The van der Waals surface area contributed by atoms with E-state index in [1.165, 1.54) is 55.6 Å². The molecule has 0 fully saturated rings. The van der Waals surface area contributed by atoms with Gasteiger partial charge in [0, 0.05) is 0 Å². The summed E-state index contributed by atoms with van der Waals surface area (Å²) in [5, 5.41) is 20.0. The van der Waals surface area contributed by atoms with Gasteiger partial charge in [0.05, 0.1) is 5.41 Å². The topological polar surface area (TPSA) is 40.5 Å². The predicted octanol–water partition coefficient (Wildman–Crippen LogP) is 5.28. The largest absolute Gasteiger partial charge is 0.488 e. The van der Waals surface area contributed by atoms with Gasteiger partial charge >= 0.3 is 7.12 Å². The second-order valence-electron chi connectivity index (χ2n) is 9.87. The summed E-state index contributed by atoms with van der Waals surface area (Å²) in [6.45, 7) is 0. The maximum Gasteiger partial charge on any atom is 0.488 e. The number of hydrogen-bond acceptors (Lipinski definition) is 2. The minimum Gasteiger partial charge on any atom is -0.423 e. The SMILES string of the molecule is OB(O)c1cccc2c1Cc1cc3c(cc1-2)C1(c2ccccc2-c2ccccc21)c1ccccc1-3. The van der Waals surface area contributed by atoms with Crippen molar-refractivity contribution in [3.8, 4) is 33.4 Å². The Morgan fingerprint density at radius 2 is 1.06 bits per heavy atom. The molecule has 164 valence electrons. The van der Waals surface area contributed by atoms with Crippen molar-refractivity contribution < 1.29 is 10.0 Å². The summed E-state index contributed by atoms with van der Waals surface area (Å²) in [4.78, 5) is 0. The lowest BCUT2D eigenvalue weighted by Crippen LogP contribution is -2.32. The zero-order valence-electron chi connectivity index (χ0n) is 19.0. The summed E-state index contributed by atoms with van der Waals surface area (Å²) in [6.07, 6.45) is 0.716. The van der Waals surface area contributed by atoms with E-state index in [2.05, 4.69) is 91.0 Å². The fourth-order valence-electron chi connectivity index (χ4n) is 7.07. The molecule has 0 radical (unpaired) electrons. The smallest absolute Gasteiger partial charge is 0.423 e. The van der Waals surface area contributed by atoms with E-state index in [1.807, 2.05) is 12.1 Å². The fraction of sp³-hybridized carbons (Fsp3) is 0.0625. The van der Waals surface area contributed by atoms with Crippen LogP contribution in [0.4, 0.5) is 0 Å². The molecule has 2 nitrogen and oxygen atoms in total. The van der Waals surface area contributed by atoms with Crippen molar-refractivity contribution in [2.75, 3.05) is 0 Å². The van der Waals surface area contributed by atoms with Crippen LogP contribution in [0, 0.1) is 0 Å². The Labute approximate surface area is 204 Å². The van der Waals surface area contributed by atoms with Crippen LogP contribution in [-0.4, -0.2) is 17.2 Å². The molecule has 35 heavy (non-hydrogen) atoms. The summed E-state index contributed by atoms with van der Waals surface area (Å²) in [7, 11) is -1.47. The quantitative estimate of drug-likeness (QED) is 0.336. The Hall–Kier alpha value is -3.92. The van der Waals surface area contributed by atoms with Crippen LogP contribution in [0.2, 0.25) is 0 Å². The molecular weight excluding hydrogens is 427 g/mol. The standard InChI is InChI=1S/C32H21BO2/c34-33(35)31-15-7-11-20-24-18-30-25(16-19(24)17-26(20)31)23-10-3-6-14-29(23)32(30)27-12-4-1-8-21(27)22-9-2-5-13-28(22)32/h1-16,18,34-35H,17H2. The summed E-state index contributed by atoms with van der Waals surface area (Å²) in [5.41, 5.74) is 15.3. The molecule has 3 aliphatic rings. The molecule has 0 saturated carbocycles. The normalized spacial score (nSPS) is 14.7. The minimum atomic E-state index is -1.47. The van der Waals surface area contributed by atoms with Gasteiger partial charge in [-0.15, -0.1) is 0 Å². The first kappa shape index (κ1) is 19.4. The lowest BCUT2D eigenvalue weighted by Gasteiger charge is -2.30. The van der Waals surface area contributed by atoms with Gasteiger partial charge in [-0.25, -0.2) is 0 Å². The molecule has 0 unspecified atom stereocenters. The van der Waals surface area contributed by atoms with Gasteiger partial charge in [0.1, 0.15) is 0 Å². The number of fused-ring (bicyclic) bond motifs is 13. The van der Waals surface area contributed by atoms with E-state index in [0.29, 0.717) is 11.9 Å². The Bertz CT molecular complexity index is 1670. The van der Waals surface area contributed by atoms with Crippen LogP contribution >= 0.6 is 0 Å². The third-order valence-electron chi connectivity index (χ3n) is 8.37. The predicted molar refractivity (Wildman–Crippen MR) is 141 cm³/mol. The van der Waals surface area contributed by atoms with Crippen LogP contribution in [0.3, 0.4) is 0 Å². The number of benzene rings is 5. The van der Waals surface area contributed by atoms with E-state index in [4.69, 9.17) is 0 Å². The van der Waals surface area contributed by atoms with Crippen LogP contribution in [0.1, 0.15) is 33.4 Å². The average molecular weight is 448 g/mol. The molecule has 5 aromatic carbocycles. The molecule has 2 N–H and O–H groups in total. The van der Waals surface area contributed by atoms with Gasteiger partial charge in [0.25, 0.3) is 0 Å². The van der Waals surface area contributed by atoms with Crippen molar-refractivity contribution in [2.24, 2.45) is 0 Å². The highest BCUT2D eigenvalue weighted by atomic mass is 16.4. The van der Waals surface area contributed by atoms with E-state index in [9.17, 15) is 10.0 Å². The van der Waals surface area contributed by atoms with Crippen LogP contribution in [0.5, 0.6) is 0 Å². The van der Waals surface area contributed by atoms with Crippen LogP contribution in [0.15, 0.2) is 103 Å². The maximum absolute atomic E-state index is 10.0. The van der Waals surface area contributed by atoms with Crippen molar-refractivity contribution in [3.05, 3.63) is 137 Å². The highest BCUT2D eigenvalue weighted by molar-refractivity contribution is 6.59. The zero-order valence-corrected chi connectivity index (χ0v) is 19.0. The minimum absolute atomic E-state index is 0.356. The first-order valence-electron chi connectivity index (χ1n) is 12.1. The monoisotopic (exact) mass is 448 g/mol. The lowest BCUT2D eigenvalue weighted by molar-refractivity contribution is 0.425. The molecule has 5 aromatic rings. The van der Waals surface area contributed by atoms with Crippen molar-refractivity contribution in [2.45, 2.75) is 11.8 Å². The molecule has 0 amide bonds.